The summed E-state index contributed by atoms with van der Waals surface area (Å²) in [5.41, 5.74) is 1.40. The third kappa shape index (κ3) is 4.18. The summed E-state index contributed by atoms with van der Waals surface area (Å²) in [5.74, 6) is 1.49. The van der Waals surface area contributed by atoms with Crippen molar-refractivity contribution < 1.29 is 18.0 Å². The van der Waals surface area contributed by atoms with Crippen molar-refractivity contribution in [1.82, 2.24) is 14.9 Å². The highest BCUT2D eigenvalue weighted by molar-refractivity contribution is 5.89. The molecule has 1 aromatic carbocycles. The van der Waals surface area contributed by atoms with Crippen LogP contribution in [-0.4, -0.2) is 41.0 Å². The Morgan fingerprint density at radius 1 is 1.25 bits per heavy atom. The lowest BCUT2D eigenvalue weighted by atomic mass is 10.1. The molecule has 0 radical (unpaired) electrons. The first-order chi connectivity index (χ1) is 13.2. The quantitative estimate of drug-likeness (QED) is 0.861. The molecule has 6 nitrogen and oxygen atoms in total. The van der Waals surface area contributed by atoms with E-state index in [9.17, 15) is 18.0 Å². The van der Waals surface area contributed by atoms with Crippen molar-refractivity contribution in [2.45, 2.75) is 33.0 Å². The zero-order chi connectivity index (χ0) is 20.5. The lowest BCUT2D eigenvalue weighted by Gasteiger charge is -2.31. The number of hydrogen-bond donors (Lipinski definition) is 1. The van der Waals surface area contributed by atoms with Crippen LogP contribution >= 0.6 is 0 Å². The van der Waals surface area contributed by atoms with Crippen LogP contribution in [0.15, 0.2) is 24.3 Å². The van der Waals surface area contributed by atoms with Gasteiger partial charge in [-0.1, -0.05) is 0 Å². The van der Waals surface area contributed by atoms with E-state index in [0.717, 1.165) is 35.8 Å². The van der Waals surface area contributed by atoms with Gasteiger partial charge in [-0.3, -0.25) is 0 Å². The second-order valence-corrected chi connectivity index (χ2v) is 6.71. The van der Waals surface area contributed by atoms with E-state index >= 15 is 0 Å². The molecule has 2 amide bonds. The van der Waals surface area contributed by atoms with Crippen molar-refractivity contribution in [2.75, 3.05) is 30.4 Å². The average molecular weight is 393 g/mol. The first kappa shape index (κ1) is 19.9. The highest BCUT2D eigenvalue weighted by Gasteiger charge is 2.30. The maximum atomic E-state index is 12.7. The summed E-state index contributed by atoms with van der Waals surface area (Å²) in [6.45, 7) is 5.45. The molecule has 1 aliphatic heterocycles. The smallest absolute Gasteiger partial charge is 0.360 e. The van der Waals surface area contributed by atoms with Crippen LogP contribution in [0.25, 0.3) is 0 Å². The Balaban J connectivity index is 1.75. The molecule has 0 fully saturated rings. The van der Waals surface area contributed by atoms with Crippen LogP contribution in [0.1, 0.15) is 29.6 Å². The largest absolute Gasteiger partial charge is 0.416 e. The molecular weight excluding hydrogens is 371 g/mol. The first-order valence-corrected chi connectivity index (χ1v) is 8.99. The number of anilines is 2. The lowest BCUT2D eigenvalue weighted by Crippen LogP contribution is -2.40. The molecule has 0 atom stereocenters. The number of halogens is 3. The lowest BCUT2D eigenvalue weighted by molar-refractivity contribution is -0.137. The molecule has 150 valence electrons. The van der Waals surface area contributed by atoms with Crippen LogP contribution in [0.5, 0.6) is 0 Å². The second kappa shape index (κ2) is 7.65. The number of nitrogens with one attached hydrogen (secondary N) is 1. The predicted octanol–water partition coefficient (Wildman–Crippen LogP) is 3.85. The zero-order valence-corrected chi connectivity index (χ0v) is 16.0. The van der Waals surface area contributed by atoms with Crippen molar-refractivity contribution in [3.63, 3.8) is 0 Å². The highest BCUT2D eigenvalue weighted by Crippen LogP contribution is 2.30. The minimum atomic E-state index is -4.40. The minimum absolute atomic E-state index is 0.315. The van der Waals surface area contributed by atoms with Crippen molar-refractivity contribution >= 4 is 17.5 Å². The number of nitrogens with zero attached hydrogens (tertiary/aromatic N) is 4. The van der Waals surface area contributed by atoms with Gasteiger partial charge in [-0.05, 0) is 38.1 Å². The summed E-state index contributed by atoms with van der Waals surface area (Å²) >= 11 is 0. The topological polar surface area (TPSA) is 61.4 Å². The number of fused-ring (bicyclic) bond motifs is 1. The van der Waals surface area contributed by atoms with Crippen molar-refractivity contribution in [3.05, 3.63) is 46.9 Å². The normalized spacial score (nSPS) is 13.9. The van der Waals surface area contributed by atoms with E-state index in [1.165, 1.54) is 12.1 Å². The summed E-state index contributed by atoms with van der Waals surface area (Å²) in [5, 5.41) is 2.66. The predicted molar refractivity (Wildman–Crippen MR) is 100 cm³/mol. The van der Waals surface area contributed by atoms with Crippen molar-refractivity contribution in [1.29, 1.82) is 0 Å². The van der Waals surface area contributed by atoms with Crippen LogP contribution in [0.3, 0.4) is 0 Å². The third-order valence-corrected chi connectivity index (χ3v) is 4.74. The van der Waals surface area contributed by atoms with E-state index in [4.69, 9.17) is 0 Å². The molecule has 0 aliphatic carbocycles. The molecule has 1 N–H and O–H groups in total. The number of carbonyl (C=O) groups excluding carboxylic acids is 1. The molecule has 0 bridgehead atoms. The molecule has 3 rings (SSSR count). The number of alkyl halides is 3. The molecule has 1 aromatic heterocycles. The van der Waals surface area contributed by atoms with Crippen LogP contribution in [0.2, 0.25) is 0 Å². The summed E-state index contributed by atoms with van der Waals surface area (Å²) in [4.78, 5) is 25.3. The Bertz CT molecular complexity index is 867. The van der Waals surface area contributed by atoms with E-state index in [1.54, 1.807) is 4.90 Å². The fourth-order valence-electron chi connectivity index (χ4n) is 3.10. The van der Waals surface area contributed by atoms with Gasteiger partial charge in [0.1, 0.15) is 11.6 Å². The van der Waals surface area contributed by atoms with Crippen LogP contribution < -0.4 is 10.2 Å². The van der Waals surface area contributed by atoms with E-state index in [0.29, 0.717) is 31.0 Å². The summed E-state index contributed by atoms with van der Waals surface area (Å²) < 4.78 is 38.0. The number of rotatable bonds is 3. The van der Waals surface area contributed by atoms with Gasteiger partial charge in [0.15, 0.2) is 0 Å². The number of carbonyl (C=O) groups is 1. The maximum absolute atomic E-state index is 12.7. The van der Waals surface area contributed by atoms with Gasteiger partial charge >= 0.3 is 12.2 Å². The Labute approximate surface area is 161 Å². The zero-order valence-electron chi connectivity index (χ0n) is 16.0. The van der Waals surface area contributed by atoms with Gasteiger partial charge in [-0.15, -0.1) is 0 Å². The van der Waals surface area contributed by atoms with Gasteiger partial charge in [0.25, 0.3) is 0 Å². The summed E-state index contributed by atoms with van der Waals surface area (Å²) in [6.07, 6.45) is -3.80. The van der Waals surface area contributed by atoms with Crippen LogP contribution in [-0.2, 0) is 19.1 Å². The number of aromatic nitrogens is 2. The fourth-order valence-corrected chi connectivity index (χ4v) is 3.10. The number of urea groups is 1. The standard InChI is InChI=1S/C19H22F3N5O/c1-4-26(3)17-15-11-27(10-9-16(15)23-12(2)24-17)18(28)25-14-7-5-13(6-8-14)19(20,21)22/h5-8H,4,9-11H2,1-3H3,(H,25,28). The molecule has 0 spiro atoms. The molecule has 0 saturated carbocycles. The van der Waals surface area contributed by atoms with Gasteiger partial charge in [0.05, 0.1) is 17.8 Å². The highest BCUT2D eigenvalue weighted by atomic mass is 19.4. The van der Waals surface area contributed by atoms with Gasteiger partial charge in [0.2, 0.25) is 0 Å². The van der Waals surface area contributed by atoms with E-state index in [2.05, 4.69) is 15.3 Å². The maximum Gasteiger partial charge on any atom is 0.416 e. The van der Waals surface area contributed by atoms with Crippen molar-refractivity contribution in [3.8, 4) is 0 Å². The van der Waals surface area contributed by atoms with Crippen molar-refractivity contribution in [2.24, 2.45) is 0 Å². The number of benzene rings is 1. The molecule has 2 heterocycles. The van der Waals surface area contributed by atoms with E-state index < -0.39 is 11.7 Å². The summed E-state index contributed by atoms with van der Waals surface area (Å²) in [7, 11) is 1.93. The number of aryl methyl sites for hydroxylation is 1. The fraction of sp³-hybridized carbons (Fsp3) is 0.421. The van der Waals surface area contributed by atoms with Gasteiger partial charge in [-0.2, -0.15) is 13.2 Å². The minimum Gasteiger partial charge on any atom is -0.360 e. The number of amides is 2. The Morgan fingerprint density at radius 3 is 2.54 bits per heavy atom. The molecule has 9 heteroatoms. The summed E-state index contributed by atoms with van der Waals surface area (Å²) in [6, 6.07) is 4.04. The molecule has 0 unspecified atom stereocenters. The Kier molecular flexibility index (Phi) is 5.44. The van der Waals surface area contributed by atoms with E-state index in [1.807, 2.05) is 25.8 Å². The second-order valence-electron chi connectivity index (χ2n) is 6.71. The molecule has 0 saturated heterocycles. The molecule has 2 aromatic rings. The van der Waals surface area contributed by atoms with Gasteiger partial charge in [0, 0.05) is 37.8 Å². The Morgan fingerprint density at radius 2 is 1.93 bits per heavy atom. The molecular formula is C19H22F3N5O. The molecule has 28 heavy (non-hydrogen) atoms. The first-order valence-electron chi connectivity index (χ1n) is 8.99. The third-order valence-electron chi connectivity index (χ3n) is 4.74. The average Bonchev–Trinajstić information content (AvgIpc) is 2.66. The molecule has 1 aliphatic rings. The van der Waals surface area contributed by atoms with E-state index in [-0.39, 0.29) is 6.03 Å². The Hall–Kier alpha value is -2.84. The van der Waals surface area contributed by atoms with Crippen LogP contribution in [0.4, 0.5) is 29.5 Å². The van der Waals surface area contributed by atoms with Gasteiger partial charge < -0.3 is 15.1 Å². The SMILES string of the molecule is CCN(C)c1nc(C)nc2c1CN(C(=O)Nc1ccc(C(F)(F)F)cc1)CC2. The number of hydrogen-bond acceptors (Lipinski definition) is 4. The van der Waals surface area contributed by atoms with Crippen LogP contribution in [0, 0.1) is 6.92 Å². The monoisotopic (exact) mass is 393 g/mol. The van der Waals surface area contributed by atoms with Gasteiger partial charge in [-0.25, -0.2) is 14.8 Å².